The van der Waals surface area contributed by atoms with Gasteiger partial charge in [0.15, 0.2) is 0 Å². The van der Waals surface area contributed by atoms with Gasteiger partial charge in [-0.25, -0.2) is 0 Å². The van der Waals surface area contributed by atoms with Crippen LogP contribution in [0, 0.1) is 10.1 Å². The summed E-state index contributed by atoms with van der Waals surface area (Å²) in [6, 6.07) is 0.148. The van der Waals surface area contributed by atoms with Crippen molar-refractivity contribution >= 4 is 23.0 Å². The van der Waals surface area contributed by atoms with Crippen LogP contribution in [0.3, 0.4) is 0 Å². The average molecular weight is 272 g/mol. The lowest BCUT2D eigenvalue weighted by molar-refractivity contribution is -0.384. The minimum atomic E-state index is -0.472. The van der Waals surface area contributed by atoms with Crippen molar-refractivity contribution in [3.8, 4) is 0 Å². The summed E-state index contributed by atoms with van der Waals surface area (Å²) in [5.41, 5.74) is 0.283. The Labute approximate surface area is 112 Å². The molecule has 0 aliphatic rings. The Hall–Kier alpha value is -1.36. The van der Waals surface area contributed by atoms with Gasteiger partial charge >= 0.3 is 5.69 Å². The summed E-state index contributed by atoms with van der Waals surface area (Å²) in [5.74, 6) is 0. The lowest BCUT2D eigenvalue weighted by Crippen LogP contribution is -2.16. The molecule has 100 valence electrons. The van der Waals surface area contributed by atoms with Crippen LogP contribution in [0.1, 0.15) is 39.5 Å². The number of unbranched alkanes of at least 4 members (excludes halogenated alkanes) is 2. The second kappa shape index (κ2) is 7.16. The quantitative estimate of drug-likeness (QED) is 0.462. The molecule has 0 radical (unpaired) electrons. The van der Waals surface area contributed by atoms with Crippen molar-refractivity contribution in [2.45, 2.75) is 45.6 Å². The van der Waals surface area contributed by atoms with Crippen molar-refractivity contribution in [1.29, 1.82) is 0 Å². The van der Waals surface area contributed by atoms with Crippen LogP contribution in [-0.2, 0) is 0 Å². The molecular formula is C12H18ClN3O2. The number of nitrogens with zero attached hydrogens (tertiary/aromatic N) is 2. The Morgan fingerprint density at radius 3 is 2.83 bits per heavy atom. The zero-order valence-corrected chi connectivity index (χ0v) is 11.4. The van der Waals surface area contributed by atoms with Crippen LogP contribution in [0.15, 0.2) is 12.4 Å². The molecule has 1 aromatic heterocycles. The van der Waals surface area contributed by atoms with Crippen LogP contribution >= 0.6 is 11.6 Å². The van der Waals surface area contributed by atoms with E-state index in [9.17, 15) is 10.1 Å². The summed E-state index contributed by atoms with van der Waals surface area (Å²) >= 11 is 5.95. The van der Waals surface area contributed by atoms with Crippen LogP contribution in [-0.4, -0.2) is 15.9 Å². The summed E-state index contributed by atoms with van der Waals surface area (Å²) in [5, 5.41) is 14.3. The standard InChI is InChI=1S/C12H18ClN3O2/c1-3-4-5-6-9(2)15-12-10(13)7-14-8-11(12)16(17)18/h7-9H,3-6H2,1-2H3,(H,14,15). The third-order valence-corrected chi connectivity index (χ3v) is 2.99. The minimum absolute atomic E-state index is 0.0789. The van der Waals surface area contributed by atoms with E-state index in [-0.39, 0.29) is 16.8 Å². The van der Waals surface area contributed by atoms with E-state index in [0.29, 0.717) is 5.69 Å². The molecule has 0 amide bonds. The second-order valence-corrected chi connectivity index (χ2v) is 4.72. The number of aromatic nitrogens is 1. The van der Waals surface area contributed by atoms with Crippen LogP contribution < -0.4 is 5.32 Å². The van der Waals surface area contributed by atoms with E-state index in [2.05, 4.69) is 17.2 Å². The highest BCUT2D eigenvalue weighted by Gasteiger charge is 2.18. The van der Waals surface area contributed by atoms with E-state index >= 15 is 0 Å². The lowest BCUT2D eigenvalue weighted by atomic mass is 10.1. The fourth-order valence-electron chi connectivity index (χ4n) is 1.73. The first kappa shape index (κ1) is 14.7. The van der Waals surface area contributed by atoms with Gasteiger partial charge < -0.3 is 5.32 Å². The zero-order valence-electron chi connectivity index (χ0n) is 10.6. The normalized spacial score (nSPS) is 12.2. The van der Waals surface area contributed by atoms with E-state index < -0.39 is 4.92 Å². The first-order valence-corrected chi connectivity index (χ1v) is 6.48. The number of nitrogens with one attached hydrogen (secondary N) is 1. The fraction of sp³-hybridized carbons (Fsp3) is 0.583. The first-order valence-electron chi connectivity index (χ1n) is 6.10. The fourth-order valence-corrected chi connectivity index (χ4v) is 1.93. The van der Waals surface area contributed by atoms with Crippen molar-refractivity contribution in [2.75, 3.05) is 5.32 Å². The molecule has 5 nitrogen and oxygen atoms in total. The number of nitro groups is 1. The summed E-state index contributed by atoms with van der Waals surface area (Å²) in [4.78, 5) is 14.1. The van der Waals surface area contributed by atoms with Crippen LogP contribution in [0.4, 0.5) is 11.4 Å². The van der Waals surface area contributed by atoms with Crippen LogP contribution in [0.25, 0.3) is 0 Å². The first-order chi connectivity index (χ1) is 8.56. The van der Waals surface area contributed by atoms with E-state index in [4.69, 9.17) is 11.6 Å². The van der Waals surface area contributed by atoms with Gasteiger partial charge in [0.2, 0.25) is 0 Å². The molecule has 0 aromatic carbocycles. The van der Waals surface area contributed by atoms with Crippen molar-refractivity contribution < 1.29 is 4.92 Å². The Kier molecular flexibility index (Phi) is 5.85. The zero-order chi connectivity index (χ0) is 13.5. The van der Waals surface area contributed by atoms with E-state index in [1.54, 1.807) is 0 Å². The Morgan fingerprint density at radius 1 is 1.50 bits per heavy atom. The number of hydrogen-bond donors (Lipinski definition) is 1. The maximum atomic E-state index is 10.9. The number of rotatable bonds is 7. The van der Waals surface area contributed by atoms with Gasteiger partial charge in [0.25, 0.3) is 0 Å². The molecule has 1 N–H and O–H groups in total. The summed E-state index contributed by atoms with van der Waals surface area (Å²) in [7, 11) is 0. The van der Waals surface area contributed by atoms with Gasteiger partial charge in [-0.15, -0.1) is 0 Å². The number of pyridine rings is 1. The molecule has 1 aromatic rings. The molecule has 0 saturated carbocycles. The molecule has 0 saturated heterocycles. The molecule has 1 heterocycles. The van der Waals surface area contributed by atoms with Crippen molar-refractivity contribution in [2.24, 2.45) is 0 Å². The van der Waals surface area contributed by atoms with Crippen molar-refractivity contribution in [3.63, 3.8) is 0 Å². The molecule has 1 rings (SSSR count). The van der Waals surface area contributed by atoms with Crippen molar-refractivity contribution in [1.82, 2.24) is 4.98 Å². The summed E-state index contributed by atoms with van der Waals surface area (Å²) in [6.45, 7) is 4.14. The third-order valence-electron chi connectivity index (χ3n) is 2.71. The van der Waals surface area contributed by atoms with Gasteiger partial charge in [-0.3, -0.25) is 15.1 Å². The molecule has 0 aliphatic heterocycles. The molecule has 0 spiro atoms. The molecule has 0 aliphatic carbocycles. The summed E-state index contributed by atoms with van der Waals surface area (Å²) in [6.07, 6.45) is 7.01. The van der Waals surface area contributed by atoms with Crippen molar-refractivity contribution in [3.05, 3.63) is 27.5 Å². The van der Waals surface area contributed by atoms with Gasteiger partial charge in [-0.05, 0) is 13.3 Å². The molecule has 6 heteroatoms. The molecular weight excluding hydrogens is 254 g/mol. The Morgan fingerprint density at radius 2 is 2.22 bits per heavy atom. The van der Waals surface area contributed by atoms with Gasteiger partial charge in [0.1, 0.15) is 11.9 Å². The highest BCUT2D eigenvalue weighted by Crippen LogP contribution is 2.31. The Bertz CT molecular complexity index is 412. The smallest absolute Gasteiger partial charge is 0.311 e. The average Bonchev–Trinajstić information content (AvgIpc) is 2.31. The lowest BCUT2D eigenvalue weighted by Gasteiger charge is -2.15. The predicted octanol–water partition coefficient (Wildman–Crippen LogP) is 4.02. The molecule has 1 atom stereocenters. The topological polar surface area (TPSA) is 68.1 Å². The Balaban J connectivity index is 2.73. The highest BCUT2D eigenvalue weighted by molar-refractivity contribution is 6.33. The van der Waals surface area contributed by atoms with Gasteiger partial charge in [0, 0.05) is 12.2 Å². The number of anilines is 1. The van der Waals surface area contributed by atoms with E-state index in [1.165, 1.54) is 12.4 Å². The van der Waals surface area contributed by atoms with Gasteiger partial charge in [-0.2, -0.15) is 0 Å². The number of halogens is 1. The molecule has 1 unspecified atom stereocenters. The van der Waals surface area contributed by atoms with E-state index in [0.717, 1.165) is 25.7 Å². The predicted molar refractivity (Wildman–Crippen MR) is 73.1 cm³/mol. The van der Waals surface area contributed by atoms with Gasteiger partial charge in [-0.1, -0.05) is 37.8 Å². The summed E-state index contributed by atoms with van der Waals surface area (Å²) < 4.78 is 0. The number of hydrogen-bond acceptors (Lipinski definition) is 4. The maximum absolute atomic E-state index is 10.9. The van der Waals surface area contributed by atoms with Crippen LogP contribution in [0.5, 0.6) is 0 Å². The highest BCUT2D eigenvalue weighted by atomic mass is 35.5. The molecule has 18 heavy (non-hydrogen) atoms. The monoisotopic (exact) mass is 271 g/mol. The minimum Gasteiger partial charge on any atom is -0.376 e. The third kappa shape index (κ3) is 4.14. The largest absolute Gasteiger partial charge is 0.376 e. The maximum Gasteiger partial charge on any atom is 0.311 e. The van der Waals surface area contributed by atoms with Crippen LogP contribution in [0.2, 0.25) is 5.02 Å². The molecule has 0 bridgehead atoms. The second-order valence-electron chi connectivity index (χ2n) is 4.31. The SMILES string of the molecule is CCCCCC(C)Nc1c(Cl)cncc1[N+](=O)[O-]. The van der Waals surface area contributed by atoms with E-state index in [1.807, 2.05) is 6.92 Å². The molecule has 0 fully saturated rings. The van der Waals surface area contributed by atoms with Gasteiger partial charge in [0.05, 0.1) is 9.95 Å².